The van der Waals surface area contributed by atoms with Gasteiger partial charge in [0.1, 0.15) is 6.10 Å². The van der Waals surface area contributed by atoms with Crippen molar-refractivity contribution in [2.45, 2.75) is 37.8 Å². The van der Waals surface area contributed by atoms with Crippen LogP contribution in [0.15, 0.2) is 60.7 Å². The van der Waals surface area contributed by atoms with Gasteiger partial charge >= 0.3 is 0 Å². The molecule has 0 aromatic heterocycles. The van der Waals surface area contributed by atoms with Crippen molar-refractivity contribution in [1.29, 1.82) is 0 Å². The molecule has 0 radical (unpaired) electrons. The van der Waals surface area contributed by atoms with Crippen molar-refractivity contribution in [3.8, 4) is 0 Å². The van der Waals surface area contributed by atoms with E-state index in [9.17, 15) is 0 Å². The predicted molar refractivity (Wildman–Crippen MR) is 87.4 cm³/mol. The minimum atomic E-state index is 0.222. The molecule has 1 spiro atoms. The van der Waals surface area contributed by atoms with Crippen molar-refractivity contribution in [3.63, 3.8) is 0 Å². The maximum Gasteiger partial charge on any atom is 0.118 e. The Morgan fingerprint density at radius 3 is 2.09 bits per heavy atom. The van der Waals surface area contributed by atoms with Gasteiger partial charge in [-0.1, -0.05) is 48.5 Å². The summed E-state index contributed by atoms with van der Waals surface area (Å²) in [6.07, 6.45) is 5.55. The predicted octanol–water partition coefficient (Wildman–Crippen LogP) is 4.74. The lowest BCUT2D eigenvalue weighted by atomic mass is 9.84. The normalized spacial score (nSPS) is 29.0. The molecule has 2 aromatic rings. The maximum atomic E-state index is 6.56. The smallest absolute Gasteiger partial charge is 0.118 e. The van der Waals surface area contributed by atoms with E-state index >= 15 is 0 Å². The maximum absolute atomic E-state index is 6.56. The Kier molecular flexibility index (Phi) is 2.66. The molecule has 1 heterocycles. The largest absolute Gasteiger partial charge is 0.264 e. The highest BCUT2D eigenvalue weighted by atomic mass is 16.7. The third-order valence-corrected chi connectivity index (χ3v) is 5.59. The lowest BCUT2D eigenvalue weighted by molar-refractivity contribution is 0.0637. The first kappa shape index (κ1) is 12.7. The second-order valence-electron chi connectivity index (χ2n) is 7.07. The van der Waals surface area contributed by atoms with Crippen molar-refractivity contribution in [2.75, 3.05) is 5.06 Å². The van der Waals surface area contributed by atoms with Gasteiger partial charge in [0.25, 0.3) is 0 Å². The number of nitrogens with zero attached hydrogens (tertiary/aromatic N) is 1. The number of benzene rings is 2. The van der Waals surface area contributed by atoms with Gasteiger partial charge in [0.2, 0.25) is 0 Å². The summed E-state index contributed by atoms with van der Waals surface area (Å²) in [5.74, 6) is 0.816. The van der Waals surface area contributed by atoms with Crippen molar-refractivity contribution in [2.24, 2.45) is 11.3 Å². The highest BCUT2D eigenvalue weighted by Crippen LogP contribution is 2.68. The van der Waals surface area contributed by atoms with Gasteiger partial charge in [-0.15, -0.1) is 0 Å². The standard InChI is InChI=1S/C20H21NO/c1-3-7-16(8-4-1)19-20(13-14-20)18(15-11-12-15)21(22-19)17-9-5-2-6-10-17/h1-10,15,18-19H,11-14H2/t18-,19+/m0/s1. The Morgan fingerprint density at radius 2 is 1.50 bits per heavy atom. The SMILES string of the molecule is c1ccc([C@H]2ON(c3ccccc3)[C@@H](C3CC3)C23CC3)cc1. The van der Waals surface area contributed by atoms with Gasteiger partial charge in [0, 0.05) is 5.41 Å². The molecule has 1 aliphatic heterocycles. The van der Waals surface area contributed by atoms with Crippen molar-refractivity contribution < 1.29 is 4.84 Å². The third kappa shape index (κ3) is 1.83. The van der Waals surface area contributed by atoms with E-state index in [4.69, 9.17) is 4.84 Å². The fourth-order valence-electron chi connectivity index (χ4n) is 4.26. The van der Waals surface area contributed by atoms with Crippen LogP contribution in [0.25, 0.3) is 0 Å². The Morgan fingerprint density at radius 1 is 0.864 bits per heavy atom. The van der Waals surface area contributed by atoms with Crippen LogP contribution in [0.5, 0.6) is 0 Å². The summed E-state index contributed by atoms with van der Waals surface area (Å²) in [5, 5.41) is 2.25. The van der Waals surface area contributed by atoms with Crippen LogP contribution in [-0.4, -0.2) is 6.04 Å². The topological polar surface area (TPSA) is 12.5 Å². The Bertz CT molecular complexity index is 661. The van der Waals surface area contributed by atoms with E-state index in [0.29, 0.717) is 11.5 Å². The zero-order chi connectivity index (χ0) is 14.6. The van der Waals surface area contributed by atoms with Gasteiger partial charge in [-0.25, -0.2) is 5.06 Å². The van der Waals surface area contributed by atoms with Gasteiger partial charge < -0.3 is 0 Å². The lowest BCUT2D eigenvalue weighted by Gasteiger charge is -2.27. The van der Waals surface area contributed by atoms with Crippen molar-refractivity contribution in [1.82, 2.24) is 0 Å². The van der Waals surface area contributed by atoms with Crippen LogP contribution in [0.1, 0.15) is 37.4 Å². The molecule has 5 rings (SSSR count). The van der Waals surface area contributed by atoms with Gasteiger partial charge in [0.05, 0.1) is 11.7 Å². The van der Waals surface area contributed by atoms with Crippen LogP contribution in [-0.2, 0) is 4.84 Å². The first-order valence-electron chi connectivity index (χ1n) is 8.44. The Labute approximate surface area is 131 Å². The highest BCUT2D eigenvalue weighted by Gasteiger charge is 2.66. The summed E-state index contributed by atoms with van der Waals surface area (Å²) in [7, 11) is 0. The molecule has 2 heteroatoms. The molecule has 2 nitrogen and oxygen atoms in total. The van der Waals surface area contributed by atoms with E-state index in [1.165, 1.54) is 36.9 Å². The summed E-state index contributed by atoms with van der Waals surface area (Å²) in [4.78, 5) is 6.56. The van der Waals surface area contributed by atoms with E-state index in [-0.39, 0.29) is 6.10 Å². The minimum Gasteiger partial charge on any atom is -0.264 e. The molecule has 2 saturated carbocycles. The molecule has 0 unspecified atom stereocenters. The molecule has 2 atom stereocenters. The van der Waals surface area contributed by atoms with Crippen molar-refractivity contribution >= 4 is 5.69 Å². The van der Waals surface area contributed by atoms with Crippen LogP contribution < -0.4 is 5.06 Å². The molecular weight excluding hydrogens is 270 g/mol. The molecule has 2 aromatic carbocycles. The van der Waals surface area contributed by atoms with Gasteiger partial charge in [-0.05, 0) is 49.3 Å². The molecule has 0 N–H and O–H groups in total. The van der Waals surface area contributed by atoms with Crippen LogP contribution in [0.4, 0.5) is 5.69 Å². The van der Waals surface area contributed by atoms with Gasteiger partial charge in [0.15, 0.2) is 0 Å². The lowest BCUT2D eigenvalue weighted by Crippen LogP contribution is -2.35. The quantitative estimate of drug-likeness (QED) is 0.810. The van der Waals surface area contributed by atoms with Crippen molar-refractivity contribution in [3.05, 3.63) is 66.2 Å². The van der Waals surface area contributed by atoms with Crippen LogP contribution >= 0.6 is 0 Å². The monoisotopic (exact) mass is 291 g/mol. The molecule has 3 fully saturated rings. The summed E-state index contributed by atoms with van der Waals surface area (Å²) >= 11 is 0. The highest BCUT2D eigenvalue weighted by molar-refractivity contribution is 5.48. The number of rotatable bonds is 3. The second kappa shape index (κ2) is 4.60. The van der Waals surface area contributed by atoms with Crippen LogP contribution in [0.3, 0.4) is 0 Å². The zero-order valence-corrected chi connectivity index (χ0v) is 12.7. The Balaban J connectivity index is 1.56. The molecule has 3 aliphatic rings. The fraction of sp³-hybridized carbons (Fsp3) is 0.400. The van der Waals surface area contributed by atoms with Crippen LogP contribution in [0.2, 0.25) is 0 Å². The van der Waals surface area contributed by atoms with Crippen LogP contribution in [0, 0.1) is 11.3 Å². The summed E-state index contributed by atoms with van der Waals surface area (Å²) in [6, 6.07) is 22.0. The van der Waals surface area contributed by atoms with E-state index < -0.39 is 0 Å². The summed E-state index contributed by atoms with van der Waals surface area (Å²) < 4.78 is 0. The average Bonchev–Trinajstić information content (AvgIpc) is 3.49. The Hall–Kier alpha value is -1.80. The number of hydroxylamine groups is 1. The van der Waals surface area contributed by atoms with E-state index in [0.717, 1.165) is 5.92 Å². The summed E-state index contributed by atoms with van der Waals surface area (Å²) in [5.41, 5.74) is 2.89. The number of hydrogen-bond acceptors (Lipinski definition) is 2. The molecule has 2 aliphatic carbocycles. The van der Waals surface area contributed by atoms with Gasteiger partial charge in [-0.3, -0.25) is 4.84 Å². The first-order chi connectivity index (χ1) is 10.9. The summed E-state index contributed by atoms with van der Waals surface area (Å²) in [6.45, 7) is 0. The molecule has 0 bridgehead atoms. The fourth-order valence-corrected chi connectivity index (χ4v) is 4.26. The minimum absolute atomic E-state index is 0.222. The number of anilines is 1. The van der Waals surface area contributed by atoms with E-state index in [1.807, 2.05) is 0 Å². The molecular formula is C20H21NO. The first-order valence-corrected chi connectivity index (χ1v) is 8.44. The number of para-hydroxylation sites is 1. The molecule has 1 saturated heterocycles. The average molecular weight is 291 g/mol. The van der Waals surface area contributed by atoms with Gasteiger partial charge in [-0.2, -0.15) is 0 Å². The molecule has 112 valence electrons. The van der Waals surface area contributed by atoms with E-state index in [2.05, 4.69) is 65.7 Å². The molecule has 0 amide bonds. The van der Waals surface area contributed by atoms with E-state index in [1.54, 1.807) is 0 Å². The molecule has 22 heavy (non-hydrogen) atoms. The number of hydrogen-bond donors (Lipinski definition) is 0. The third-order valence-electron chi connectivity index (χ3n) is 5.59. The second-order valence-corrected chi connectivity index (χ2v) is 7.07. The zero-order valence-electron chi connectivity index (χ0n) is 12.7.